The quantitative estimate of drug-likeness (QED) is 0.221. The van der Waals surface area contributed by atoms with Crippen LogP contribution in [-0.4, -0.2) is 45.8 Å². The maximum atomic E-state index is 13.5. The van der Waals surface area contributed by atoms with Crippen LogP contribution in [0.15, 0.2) is 54.7 Å². The van der Waals surface area contributed by atoms with Crippen molar-refractivity contribution in [2.75, 3.05) is 0 Å². The van der Waals surface area contributed by atoms with E-state index < -0.39 is 30.1 Å². The van der Waals surface area contributed by atoms with E-state index in [2.05, 4.69) is 5.10 Å². The van der Waals surface area contributed by atoms with Crippen molar-refractivity contribution in [3.63, 3.8) is 0 Å². The summed E-state index contributed by atoms with van der Waals surface area (Å²) in [5.74, 6) is -0.850. The number of pyridine rings is 1. The van der Waals surface area contributed by atoms with Gasteiger partial charge in [-0.15, -0.1) is 0 Å². The van der Waals surface area contributed by atoms with Crippen molar-refractivity contribution in [2.24, 2.45) is 5.73 Å². The Morgan fingerprint density at radius 2 is 1.92 bits per heavy atom. The lowest BCUT2D eigenvalue weighted by molar-refractivity contribution is 0.100. The molecule has 1 amide bonds. The zero-order chi connectivity index (χ0) is 27.1. The predicted octanol–water partition coefficient (Wildman–Crippen LogP) is 1.90. The molecular weight excluding hydrogens is 510 g/mol. The van der Waals surface area contributed by atoms with Crippen LogP contribution in [0.1, 0.15) is 51.4 Å². The summed E-state index contributed by atoms with van der Waals surface area (Å²) in [6.45, 7) is 1.87. The molecule has 1 aliphatic rings. The van der Waals surface area contributed by atoms with Crippen molar-refractivity contribution in [1.29, 1.82) is 0 Å². The van der Waals surface area contributed by atoms with Crippen molar-refractivity contribution in [3.8, 4) is 11.3 Å². The number of benzene rings is 2. The van der Waals surface area contributed by atoms with E-state index in [-0.39, 0.29) is 24.6 Å². The fourth-order valence-electron chi connectivity index (χ4n) is 4.79. The minimum Gasteiger partial charge on any atom is -0.760 e. The van der Waals surface area contributed by atoms with Gasteiger partial charge in [-0.2, -0.15) is 5.10 Å². The highest BCUT2D eigenvalue weighted by atomic mass is 32.2. The second-order valence-electron chi connectivity index (χ2n) is 9.53. The van der Waals surface area contributed by atoms with Gasteiger partial charge in [0.2, 0.25) is 0 Å². The molecule has 9 nitrogen and oxygen atoms in total. The molecule has 38 heavy (non-hydrogen) atoms. The third kappa shape index (κ3) is 5.26. The molecule has 1 fully saturated rings. The second kappa shape index (κ2) is 10.4. The maximum Gasteiger partial charge on any atom is 0.488 e. The summed E-state index contributed by atoms with van der Waals surface area (Å²) >= 11 is -2.55. The van der Waals surface area contributed by atoms with E-state index in [1.807, 2.05) is 6.07 Å². The first-order valence-corrected chi connectivity index (χ1v) is 13.1. The van der Waals surface area contributed by atoms with Crippen LogP contribution < -0.4 is 11.2 Å². The lowest BCUT2D eigenvalue weighted by Gasteiger charge is -2.26. The smallest absolute Gasteiger partial charge is 0.488 e. The third-order valence-electron chi connectivity index (χ3n) is 6.80. The van der Waals surface area contributed by atoms with Crippen LogP contribution in [0.2, 0.25) is 0 Å². The molecule has 196 valence electrons. The molecule has 0 saturated heterocycles. The molecule has 0 bridgehead atoms. The average molecular weight is 535 g/mol. The molecule has 2 aromatic carbocycles. The number of primary amides is 1. The Balaban J connectivity index is 1.54. The Morgan fingerprint density at radius 1 is 1.21 bits per heavy atom. The summed E-state index contributed by atoms with van der Waals surface area (Å²) in [6.07, 6.45) is 3.61. The van der Waals surface area contributed by atoms with Crippen LogP contribution in [-0.2, 0) is 24.4 Å². The largest absolute Gasteiger partial charge is 0.760 e. The van der Waals surface area contributed by atoms with E-state index in [9.17, 15) is 28.0 Å². The average Bonchev–Trinajstić information content (AvgIpc) is 3.63. The van der Waals surface area contributed by atoms with Gasteiger partial charge in [0.15, 0.2) is 0 Å². The number of aromatic nitrogens is 2. The van der Waals surface area contributed by atoms with Crippen molar-refractivity contribution >= 4 is 35.3 Å². The lowest BCUT2D eigenvalue weighted by Crippen LogP contribution is -2.32. The Bertz CT molecular complexity index is 1560. The molecule has 1 unspecified atom stereocenters. The summed E-state index contributed by atoms with van der Waals surface area (Å²) in [4.78, 5) is 12.5. The number of hydrogen-bond acceptors (Lipinski definition) is 6. The van der Waals surface area contributed by atoms with Crippen molar-refractivity contribution in [2.45, 2.75) is 38.8 Å². The van der Waals surface area contributed by atoms with Gasteiger partial charge in [-0.1, -0.05) is 23.8 Å². The minimum absolute atomic E-state index is 0.0684. The first-order chi connectivity index (χ1) is 18.1. The van der Waals surface area contributed by atoms with E-state index in [0.717, 1.165) is 24.0 Å². The molecule has 0 spiro atoms. The summed E-state index contributed by atoms with van der Waals surface area (Å²) in [5, 5.41) is 23.5. The number of fused-ring (bicyclic) bond motifs is 1. The summed E-state index contributed by atoms with van der Waals surface area (Å²) in [6, 6.07) is 12.4. The lowest BCUT2D eigenvalue weighted by atomic mass is 9.77. The van der Waals surface area contributed by atoms with E-state index in [1.165, 1.54) is 33.1 Å². The molecule has 0 aliphatic heterocycles. The summed E-state index contributed by atoms with van der Waals surface area (Å²) < 4.78 is 40.7. The number of hydrogen-bond donors (Lipinski definition) is 3. The van der Waals surface area contributed by atoms with Crippen molar-refractivity contribution < 1.29 is 28.0 Å². The molecule has 4 aromatic rings. The fraction of sp³-hybridized carbons (Fsp3) is 0.231. The monoisotopic (exact) mass is 535 g/mol. The summed E-state index contributed by atoms with van der Waals surface area (Å²) in [7, 11) is -1.61. The van der Waals surface area contributed by atoms with Gasteiger partial charge in [0.25, 0.3) is 5.91 Å². The summed E-state index contributed by atoms with van der Waals surface area (Å²) in [5.41, 5.74) is 10.7. The number of rotatable bonds is 9. The molecule has 2 heterocycles. The molecule has 12 heteroatoms. The zero-order valence-corrected chi connectivity index (χ0v) is 21.3. The van der Waals surface area contributed by atoms with Crippen LogP contribution in [0.25, 0.3) is 16.8 Å². The predicted molar refractivity (Wildman–Crippen MR) is 140 cm³/mol. The van der Waals surface area contributed by atoms with Crippen LogP contribution in [0, 0.1) is 12.7 Å². The topological polar surface area (TPSA) is 144 Å². The zero-order valence-electron chi connectivity index (χ0n) is 20.5. The SMILES string of the molecule is Cc1cc(CN(Cc2cn3nc(-c4ccc(F)cc4)c(C(N)=O)c3cc2C2CC2)S(=O)[O-])ccc1B(O)O. The molecule has 2 aromatic heterocycles. The van der Waals surface area contributed by atoms with Gasteiger partial charge >= 0.3 is 7.12 Å². The Labute approximate surface area is 221 Å². The molecule has 0 radical (unpaired) electrons. The van der Waals surface area contributed by atoms with Gasteiger partial charge in [-0.3, -0.25) is 9.00 Å². The van der Waals surface area contributed by atoms with Gasteiger partial charge in [0, 0.05) is 36.1 Å². The fourth-order valence-corrected chi connectivity index (χ4v) is 5.29. The van der Waals surface area contributed by atoms with Crippen molar-refractivity contribution in [3.05, 3.63) is 88.4 Å². The number of carbonyl (C=O) groups excluding carboxylic acids is 1. The second-order valence-corrected chi connectivity index (χ2v) is 10.5. The molecule has 1 saturated carbocycles. The Hall–Kier alpha value is -3.42. The molecular formula is C26H25BFN4O5S-. The van der Waals surface area contributed by atoms with Gasteiger partial charge in [0.1, 0.15) is 11.5 Å². The Morgan fingerprint density at radius 3 is 2.50 bits per heavy atom. The standard InChI is InChI=1S/C26H26BFN4O5S/c1-15-10-16(2-9-22(15)27(34)35)12-31(38(36)37)13-19-14-32-23(11-21(19)17-3-4-17)24(26(29)33)25(30-32)18-5-7-20(28)8-6-18/h2,5-11,14,17,34-35H,3-4,12-13H2,1H3,(H2,29,33)(H,36,37)/p-1. The highest BCUT2D eigenvalue weighted by Crippen LogP contribution is 2.43. The number of nitrogens with zero attached hydrogens (tertiary/aromatic N) is 3. The first kappa shape index (κ1) is 26.2. The van der Waals surface area contributed by atoms with E-state index in [4.69, 9.17) is 5.73 Å². The van der Waals surface area contributed by atoms with Gasteiger partial charge in [-0.05, 0) is 78.2 Å². The Kier molecular flexibility index (Phi) is 7.16. The highest BCUT2D eigenvalue weighted by Gasteiger charge is 2.29. The van der Waals surface area contributed by atoms with Gasteiger partial charge < -0.3 is 20.3 Å². The normalized spacial score (nSPS) is 14.3. The number of carbonyl (C=O) groups is 1. The van der Waals surface area contributed by atoms with Crippen LogP contribution in [0.3, 0.4) is 0 Å². The van der Waals surface area contributed by atoms with E-state index in [0.29, 0.717) is 33.4 Å². The highest BCUT2D eigenvalue weighted by molar-refractivity contribution is 7.76. The molecule has 5 rings (SSSR count). The number of halogens is 1. The maximum absolute atomic E-state index is 13.5. The van der Waals surface area contributed by atoms with Crippen LogP contribution in [0.4, 0.5) is 4.39 Å². The first-order valence-electron chi connectivity index (χ1n) is 12.0. The molecule has 1 atom stereocenters. The van der Waals surface area contributed by atoms with E-state index >= 15 is 0 Å². The molecule has 1 aliphatic carbocycles. The van der Waals surface area contributed by atoms with Gasteiger partial charge in [-0.25, -0.2) is 13.2 Å². The van der Waals surface area contributed by atoms with E-state index in [1.54, 1.807) is 31.3 Å². The van der Waals surface area contributed by atoms with Gasteiger partial charge in [0.05, 0.1) is 11.1 Å². The number of amides is 1. The minimum atomic E-state index is -2.55. The third-order valence-corrected chi connectivity index (χ3v) is 7.48. The van der Waals surface area contributed by atoms with Crippen LogP contribution in [0.5, 0.6) is 0 Å². The molecule has 4 N–H and O–H groups in total. The van der Waals surface area contributed by atoms with Crippen LogP contribution >= 0.6 is 0 Å². The number of aryl methyl sites for hydroxylation is 1. The van der Waals surface area contributed by atoms with Crippen molar-refractivity contribution in [1.82, 2.24) is 13.9 Å². The number of nitrogens with two attached hydrogens (primary N) is 1.